The molecule has 0 fully saturated rings. The zero-order valence-electron chi connectivity index (χ0n) is 12.5. The Morgan fingerprint density at radius 3 is 2.58 bits per heavy atom. The first-order valence-corrected chi connectivity index (χ1v) is 8.66. The summed E-state index contributed by atoms with van der Waals surface area (Å²) in [5.41, 5.74) is 7.51. The van der Waals surface area contributed by atoms with Gasteiger partial charge in [0.15, 0.2) is 0 Å². The third-order valence-corrected chi connectivity index (χ3v) is 4.56. The fraction of sp³-hybridized carbons (Fsp3) is 0.647. The van der Waals surface area contributed by atoms with Crippen LogP contribution in [0.25, 0.3) is 0 Å². The van der Waals surface area contributed by atoms with E-state index in [1.54, 1.807) is 0 Å². The minimum absolute atomic E-state index is 0.344. The molecule has 0 aliphatic heterocycles. The molecule has 2 heteroatoms. The van der Waals surface area contributed by atoms with Gasteiger partial charge in [0.05, 0.1) is 0 Å². The SMILES string of the molecule is CCCCCCCCC(N)CSc1cccc(C)c1. The summed E-state index contributed by atoms with van der Waals surface area (Å²) in [5.74, 6) is 1.04. The van der Waals surface area contributed by atoms with Crippen molar-refractivity contribution < 1.29 is 0 Å². The van der Waals surface area contributed by atoms with Crippen LogP contribution < -0.4 is 5.73 Å². The van der Waals surface area contributed by atoms with E-state index in [4.69, 9.17) is 5.73 Å². The van der Waals surface area contributed by atoms with E-state index in [2.05, 4.69) is 38.1 Å². The van der Waals surface area contributed by atoms with Crippen LogP contribution in [0.2, 0.25) is 0 Å². The van der Waals surface area contributed by atoms with Crippen LogP contribution in [0.3, 0.4) is 0 Å². The number of benzene rings is 1. The van der Waals surface area contributed by atoms with E-state index in [1.165, 1.54) is 55.4 Å². The van der Waals surface area contributed by atoms with Crippen LogP contribution in [0.5, 0.6) is 0 Å². The maximum atomic E-state index is 6.18. The van der Waals surface area contributed by atoms with Gasteiger partial charge in [0, 0.05) is 16.7 Å². The first kappa shape index (κ1) is 16.6. The molecule has 0 saturated heterocycles. The van der Waals surface area contributed by atoms with E-state index < -0.39 is 0 Å². The first-order chi connectivity index (χ1) is 9.22. The van der Waals surface area contributed by atoms with Gasteiger partial charge in [-0.3, -0.25) is 0 Å². The lowest BCUT2D eigenvalue weighted by Crippen LogP contribution is -2.22. The van der Waals surface area contributed by atoms with Crippen LogP contribution in [0, 0.1) is 6.92 Å². The van der Waals surface area contributed by atoms with Gasteiger partial charge in [0.25, 0.3) is 0 Å². The summed E-state index contributed by atoms with van der Waals surface area (Å²) in [4.78, 5) is 1.35. The summed E-state index contributed by atoms with van der Waals surface area (Å²) in [6.07, 6.45) is 9.30. The summed E-state index contributed by atoms with van der Waals surface area (Å²) in [5, 5.41) is 0. The van der Waals surface area contributed by atoms with Crippen LogP contribution in [0.15, 0.2) is 29.2 Å². The molecule has 1 aromatic rings. The molecular formula is C17H29NS. The number of hydrogen-bond donors (Lipinski definition) is 1. The molecule has 1 aromatic carbocycles. The van der Waals surface area contributed by atoms with Crippen molar-refractivity contribution in [2.24, 2.45) is 5.73 Å². The Labute approximate surface area is 123 Å². The number of hydrogen-bond acceptors (Lipinski definition) is 2. The smallest absolute Gasteiger partial charge is 0.0133 e. The van der Waals surface area contributed by atoms with Crippen molar-refractivity contribution in [1.82, 2.24) is 0 Å². The molecule has 0 bridgehead atoms. The molecule has 1 unspecified atom stereocenters. The number of nitrogens with two attached hydrogens (primary N) is 1. The van der Waals surface area contributed by atoms with Gasteiger partial charge in [0.2, 0.25) is 0 Å². The highest BCUT2D eigenvalue weighted by molar-refractivity contribution is 7.99. The second-order valence-corrected chi connectivity index (χ2v) is 6.54. The fourth-order valence-corrected chi connectivity index (χ4v) is 3.20. The number of aryl methyl sites for hydroxylation is 1. The van der Waals surface area contributed by atoms with Crippen LogP contribution in [0.1, 0.15) is 57.4 Å². The Hall–Kier alpha value is -0.470. The molecule has 0 amide bonds. The maximum Gasteiger partial charge on any atom is 0.0133 e. The van der Waals surface area contributed by atoms with Crippen molar-refractivity contribution in [1.29, 1.82) is 0 Å². The van der Waals surface area contributed by atoms with Gasteiger partial charge < -0.3 is 5.73 Å². The highest BCUT2D eigenvalue weighted by Gasteiger charge is 2.03. The van der Waals surface area contributed by atoms with Gasteiger partial charge in [-0.25, -0.2) is 0 Å². The molecule has 0 aliphatic carbocycles. The minimum atomic E-state index is 0.344. The summed E-state index contributed by atoms with van der Waals surface area (Å²) in [6, 6.07) is 9.02. The molecule has 0 radical (unpaired) electrons. The second kappa shape index (κ2) is 10.3. The quantitative estimate of drug-likeness (QED) is 0.472. The van der Waals surface area contributed by atoms with Gasteiger partial charge >= 0.3 is 0 Å². The van der Waals surface area contributed by atoms with Gasteiger partial charge in [-0.1, -0.05) is 63.1 Å². The number of unbranched alkanes of at least 4 members (excludes halogenated alkanes) is 5. The molecule has 0 heterocycles. The Kier molecular flexibility index (Phi) is 9.02. The second-order valence-electron chi connectivity index (χ2n) is 5.44. The standard InChI is InChI=1S/C17H29NS/c1-3-4-5-6-7-8-11-16(18)14-19-17-12-9-10-15(2)13-17/h9-10,12-13,16H,3-8,11,14,18H2,1-2H3. The normalized spacial score (nSPS) is 12.6. The van der Waals surface area contributed by atoms with Crippen molar-refractivity contribution in [2.75, 3.05) is 5.75 Å². The van der Waals surface area contributed by atoms with Crippen LogP contribution in [0.4, 0.5) is 0 Å². The van der Waals surface area contributed by atoms with E-state index >= 15 is 0 Å². The molecular weight excluding hydrogens is 250 g/mol. The first-order valence-electron chi connectivity index (χ1n) is 7.67. The molecule has 0 aliphatic rings. The number of thioether (sulfide) groups is 1. The highest BCUT2D eigenvalue weighted by Crippen LogP contribution is 2.20. The van der Waals surface area contributed by atoms with Crippen molar-refractivity contribution in [3.63, 3.8) is 0 Å². The lowest BCUT2D eigenvalue weighted by Gasteiger charge is -2.11. The topological polar surface area (TPSA) is 26.0 Å². The Morgan fingerprint density at radius 2 is 1.84 bits per heavy atom. The monoisotopic (exact) mass is 279 g/mol. The van der Waals surface area contributed by atoms with E-state index in [0.29, 0.717) is 6.04 Å². The largest absolute Gasteiger partial charge is 0.327 e. The predicted octanol–water partition coefficient (Wildman–Crippen LogP) is 5.17. The fourth-order valence-electron chi connectivity index (χ4n) is 2.18. The molecule has 19 heavy (non-hydrogen) atoms. The molecule has 1 rings (SSSR count). The lowest BCUT2D eigenvalue weighted by molar-refractivity contribution is 0.557. The summed E-state index contributed by atoms with van der Waals surface area (Å²) >= 11 is 1.89. The van der Waals surface area contributed by atoms with Crippen molar-refractivity contribution in [3.8, 4) is 0 Å². The average molecular weight is 279 g/mol. The molecule has 1 atom stereocenters. The van der Waals surface area contributed by atoms with Gasteiger partial charge in [-0.2, -0.15) is 0 Å². The van der Waals surface area contributed by atoms with Crippen molar-refractivity contribution >= 4 is 11.8 Å². The van der Waals surface area contributed by atoms with E-state index in [9.17, 15) is 0 Å². The summed E-state index contributed by atoms with van der Waals surface area (Å²) in [7, 11) is 0. The van der Waals surface area contributed by atoms with Crippen LogP contribution >= 0.6 is 11.8 Å². The molecule has 2 N–H and O–H groups in total. The average Bonchev–Trinajstić information content (AvgIpc) is 2.40. The molecule has 1 nitrogen and oxygen atoms in total. The van der Waals surface area contributed by atoms with E-state index in [-0.39, 0.29) is 0 Å². The van der Waals surface area contributed by atoms with E-state index in [1.807, 2.05) is 11.8 Å². The Morgan fingerprint density at radius 1 is 1.11 bits per heavy atom. The molecule has 108 valence electrons. The summed E-state index contributed by atoms with van der Waals surface area (Å²) in [6.45, 7) is 4.40. The molecule has 0 aromatic heterocycles. The molecule has 0 spiro atoms. The van der Waals surface area contributed by atoms with Crippen LogP contribution in [-0.2, 0) is 0 Å². The zero-order chi connectivity index (χ0) is 13.9. The maximum absolute atomic E-state index is 6.18. The Bertz CT molecular complexity index is 338. The minimum Gasteiger partial charge on any atom is -0.327 e. The third-order valence-electron chi connectivity index (χ3n) is 3.38. The van der Waals surface area contributed by atoms with Gasteiger partial charge in [-0.15, -0.1) is 11.8 Å². The lowest BCUT2D eigenvalue weighted by atomic mass is 10.1. The van der Waals surface area contributed by atoms with E-state index in [0.717, 1.165) is 5.75 Å². The van der Waals surface area contributed by atoms with Crippen LogP contribution in [-0.4, -0.2) is 11.8 Å². The Balaban J connectivity index is 2.06. The summed E-state index contributed by atoms with van der Waals surface area (Å²) < 4.78 is 0. The zero-order valence-corrected chi connectivity index (χ0v) is 13.3. The third kappa shape index (κ3) is 8.33. The van der Waals surface area contributed by atoms with Crippen molar-refractivity contribution in [2.45, 2.75) is 69.7 Å². The molecule has 0 saturated carbocycles. The van der Waals surface area contributed by atoms with Crippen molar-refractivity contribution in [3.05, 3.63) is 29.8 Å². The van der Waals surface area contributed by atoms with Gasteiger partial charge in [0.1, 0.15) is 0 Å². The number of rotatable bonds is 10. The predicted molar refractivity (Wildman–Crippen MR) is 87.9 cm³/mol. The van der Waals surface area contributed by atoms with Gasteiger partial charge in [-0.05, 0) is 25.5 Å². The highest BCUT2D eigenvalue weighted by atomic mass is 32.2.